The van der Waals surface area contributed by atoms with Crippen molar-refractivity contribution in [2.24, 2.45) is 5.92 Å². The van der Waals surface area contributed by atoms with Crippen LogP contribution in [-0.2, 0) is 19.4 Å². The van der Waals surface area contributed by atoms with E-state index in [1.54, 1.807) is 0 Å². The smallest absolute Gasteiger partial charge is 0.251 e. The third-order valence-corrected chi connectivity index (χ3v) is 5.20. The molecule has 0 aliphatic carbocycles. The molecule has 0 saturated heterocycles. The predicted molar refractivity (Wildman–Crippen MR) is 102 cm³/mol. The van der Waals surface area contributed by atoms with Gasteiger partial charge in [0.25, 0.3) is 5.91 Å². The molecule has 27 heavy (non-hydrogen) atoms. The summed E-state index contributed by atoms with van der Waals surface area (Å²) in [4.78, 5) is 14.6. The number of carbonyl (C=O) groups excluding carboxylic acids is 1. The number of nitrogens with zero attached hydrogens (tertiary/aromatic N) is 4. The Labute approximate surface area is 159 Å². The first kappa shape index (κ1) is 19.5. The van der Waals surface area contributed by atoms with Crippen LogP contribution in [-0.4, -0.2) is 51.8 Å². The molecule has 6 nitrogen and oxygen atoms in total. The first-order valence-electron chi connectivity index (χ1n) is 9.74. The maximum absolute atomic E-state index is 12.9. The maximum atomic E-state index is 12.9. The molecule has 0 saturated carbocycles. The molecule has 2 heterocycles. The maximum Gasteiger partial charge on any atom is 0.251 e. The molecule has 2 aromatic rings. The van der Waals surface area contributed by atoms with Crippen LogP contribution in [0, 0.1) is 11.7 Å². The molecule has 1 amide bonds. The van der Waals surface area contributed by atoms with Crippen molar-refractivity contribution in [3.63, 3.8) is 0 Å². The Morgan fingerprint density at radius 2 is 2.00 bits per heavy atom. The largest absolute Gasteiger partial charge is 0.352 e. The third-order valence-electron chi connectivity index (χ3n) is 5.20. The van der Waals surface area contributed by atoms with Crippen LogP contribution in [0.5, 0.6) is 0 Å². The lowest BCUT2D eigenvalue weighted by Gasteiger charge is -2.22. The molecule has 0 radical (unpaired) electrons. The number of carbonyl (C=O) groups is 1. The first-order chi connectivity index (χ1) is 13.1. The zero-order chi connectivity index (χ0) is 19.2. The van der Waals surface area contributed by atoms with E-state index >= 15 is 0 Å². The SMILES string of the molecule is CCC(C)CN1CCc2nnc(CCNC(=O)c3ccc(F)cc3)n2CC1. The van der Waals surface area contributed by atoms with Crippen LogP contribution in [0.25, 0.3) is 0 Å². The highest BCUT2D eigenvalue weighted by molar-refractivity contribution is 5.94. The molecule has 0 fully saturated rings. The quantitative estimate of drug-likeness (QED) is 0.809. The van der Waals surface area contributed by atoms with Crippen molar-refractivity contribution in [3.05, 3.63) is 47.3 Å². The Bertz CT molecular complexity index is 758. The van der Waals surface area contributed by atoms with Crippen LogP contribution >= 0.6 is 0 Å². The Kier molecular flexibility index (Phi) is 6.55. The van der Waals surface area contributed by atoms with Gasteiger partial charge in [0, 0.05) is 51.1 Å². The minimum absolute atomic E-state index is 0.203. The minimum atomic E-state index is -0.347. The van der Waals surface area contributed by atoms with Gasteiger partial charge in [0.1, 0.15) is 17.5 Å². The number of amides is 1. The van der Waals surface area contributed by atoms with Gasteiger partial charge in [-0.2, -0.15) is 0 Å². The van der Waals surface area contributed by atoms with E-state index in [2.05, 4.69) is 38.8 Å². The fourth-order valence-electron chi connectivity index (χ4n) is 3.36. The molecule has 1 atom stereocenters. The number of halogens is 1. The molecule has 3 rings (SSSR count). The zero-order valence-corrected chi connectivity index (χ0v) is 16.1. The Morgan fingerprint density at radius 1 is 1.22 bits per heavy atom. The molecular formula is C20H28FN5O. The summed E-state index contributed by atoms with van der Waals surface area (Å²) in [6, 6.07) is 5.55. The Morgan fingerprint density at radius 3 is 2.74 bits per heavy atom. The van der Waals surface area contributed by atoms with E-state index in [-0.39, 0.29) is 11.7 Å². The van der Waals surface area contributed by atoms with Crippen molar-refractivity contribution in [1.82, 2.24) is 25.0 Å². The number of aromatic nitrogens is 3. The van der Waals surface area contributed by atoms with Crippen molar-refractivity contribution in [3.8, 4) is 0 Å². The lowest BCUT2D eigenvalue weighted by atomic mass is 10.1. The molecule has 1 unspecified atom stereocenters. The summed E-state index contributed by atoms with van der Waals surface area (Å²) in [6.45, 7) is 9.03. The third kappa shape index (κ3) is 5.13. The average Bonchev–Trinajstić information content (AvgIpc) is 2.94. The van der Waals surface area contributed by atoms with E-state index in [1.165, 1.54) is 30.7 Å². The molecule has 1 aliphatic rings. The van der Waals surface area contributed by atoms with Crippen LogP contribution in [0.1, 0.15) is 42.3 Å². The molecule has 1 aromatic carbocycles. The highest BCUT2D eigenvalue weighted by atomic mass is 19.1. The second-order valence-corrected chi connectivity index (χ2v) is 7.26. The van der Waals surface area contributed by atoms with E-state index in [1.807, 2.05) is 0 Å². The first-order valence-corrected chi connectivity index (χ1v) is 9.74. The van der Waals surface area contributed by atoms with Crippen molar-refractivity contribution in [2.45, 2.75) is 39.7 Å². The average molecular weight is 373 g/mol. The topological polar surface area (TPSA) is 63.1 Å². The standard InChI is InChI=1S/C20H28FN5O/c1-3-15(2)14-25-11-9-19-24-23-18(26(19)13-12-25)8-10-22-20(27)16-4-6-17(21)7-5-16/h4-7,15H,3,8-14H2,1-2H3,(H,22,27). The van der Waals surface area contributed by atoms with E-state index in [4.69, 9.17) is 0 Å². The van der Waals surface area contributed by atoms with Crippen LogP contribution < -0.4 is 5.32 Å². The van der Waals surface area contributed by atoms with Gasteiger partial charge in [-0.25, -0.2) is 4.39 Å². The van der Waals surface area contributed by atoms with Crippen LogP contribution in [0.4, 0.5) is 4.39 Å². The van der Waals surface area contributed by atoms with Gasteiger partial charge in [0.15, 0.2) is 0 Å². The van der Waals surface area contributed by atoms with Gasteiger partial charge in [-0.15, -0.1) is 10.2 Å². The lowest BCUT2D eigenvalue weighted by molar-refractivity contribution is 0.0954. The van der Waals surface area contributed by atoms with Gasteiger partial charge in [0.05, 0.1) is 0 Å². The highest BCUT2D eigenvalue weighted by Gasteiger charge is 2.19. The van der Waals surface area contributed by atoms with Gasteiger partial charge in [-0.3, -0.25) is 4.79 Å². The summed E-state index contributed by atoms with van der Waals surface area (Å²) in [5.74, 6) is 2.09. The second kappa shape index (κ2) is 9.08. The minimum Gasteiger partial charge on any atom is -0.352 e. The molecular weight excluding hydrogens is 345 g/mol. The summed E-state index contributed by atoms with van der Waals surface area (Å²) in [7, 11) is 0. The number of nitrogens with one attached hydrogen (secondary N) is 1. The van der Waals surface area contributed by atoms with Crippen molar-refractivity contribution in [1.29, 1.82) is 0 Å². The number of fused-ring (bicyclic) bond motifs is 1. The number of hydrogen-bond acceptors (Lipinski definition) is 4. The summed E-state index contributed by atoms with van der Waals surface area (Å²) in [5, 5.41) is 11.5. The van der Waals surface area contributed by atoms with E-state index < -0.39 is 0 Å². The monoisotopic (exact) mass is 373 g/mol. The van der Waals surface area contributed by atoms with Gasteiger partial charge >= 0.3 is 0 Å². The van der Waals surface area contributed by atoms with E-state index in [0.29, 0.717) is 24.4 Å². The molecule has 1 aromatic heterocycles. The van der Waals surface area contributed by atoms with Gasteiger partial charge < -0.3 is 14.8 Å². The van der Waals surface area contributed by atoms with Gasteiger partial charge in [-0.1, -0.05) is 20.3 Å². The number of benzene rings is 1. The lowest BCUT2D eigenvalue weighted by Crippen LogP contribution is -2.31. The fourth-order valence-corrected chi connectivity index (χ4v) is 3.36. The van der Waals surface area contributed by atoms with Crippen molar-refractivity contribution >= 4 is 5.91 Å². The van der Waals surface area contributed by atoms with Gasteiger partial charge in [0.2, 0.25) is 0 Å². The second-order valence-electron chi connectivity index (χ2n) is 7.26. The van der Waals surface area contributed by atoms with Gasteiger partial charge in [-0.05, 0) is 30.2 Å². The number of hydrogen-bond donors (Lipinski definition) is 1. The molecule has 0 bridgehead atoms. The fraction of sp³-hybridized carbons (Fsp3) is 0.550. The zero-order valence-electron chi connectivity index (χ0n) is 16.1. The molecule has 1 aliphatic heterocycles. The van der Waals surface area contributed by atoms with Crippen LogP contribution in [0.15, 0.2) is 24.3 Å². The summed E-state index contributed by atoms with van der Waals surface area (Å²) >= 11 is 0. The molecule has 7 heteroatoms. The Hall–Kier alpha value is -2.28. The van der Waals surface area contributed by atoms with Crippen LogP contribution in [0.2, 0.25) is 0 Å². The van der Waals surface area contributed by atoms with Crippen LogP contribution in [0.3, 0.4) is 0 Å². The summed E-state index contributed by atoms with van der Waals surface area (Å²) in [6.07, 6.45) is 2.73. The highest BCUT2D eigenvalue weighted by Crippen LogP contribution is 2.12. The predicted octanol–water partition coefficient (Wildman–Crippen LogP) is 2.29. The van der Waals surface area contributed by atoms with E-state index in [0.717, 1.165) is 44.2 Å². The van der Waals surface area contributed by atoms with Crippen molar-refractivity contribution < 1.29 is 9.18 Å². The molecule has 0 spiro atoms. The van der Waals surface area contributed by atoms with E-state index in [9.17, 15) is 9.18 Å². The molecule has 1 N–H and O–H groups in total. The van der Waals surface area contributed by atoms with Crippen molar-refractivity contribution in [2.75, 3.05) is 26.2 Å². The summed E-state index contributed by atoms with van der Waals surface area (Å²) in [5.41, 5.74) is 0.456. The summed E-state index contributed by atoms with van der Waals surface area (Å²) < 4.78 is 15.1. The number of rotatable bonds is 7. The normalized spacial score (nSPS) is 15.8. The Balaban J connectivity index is 1.52. The molecule has 146 valence electrons.